The van der Waals surface area contributed by atoms with E-state index in [-0.39, 0.29) is 54.0 Å². The third kappa shape index (κ3) is 9.23. The van der Waals surface area contributed by atoms with Gasteiger partial charge in [-0.25, -0.2) is 37.6 Å². The zero-order chi connectivity index (χ0) is 40.0. The van der Waals surface area contributed by atoms with Crippen molar-refractivity contribution in [2.75, 3.05) is 13.2 Å². The van der Waals surface area contributed by atoms with Crippen LogP contribution in [0, 0.1) is 20.8 Å². The molecule has 4 unspecified atom stereocenters. The molecule has 57 heavy (non-hydrogen) atoms. The predicted octanol–water partition coefficient (Wildman–Crippen LogP) is 3.50. The maximum absolute atomic E-state index is 13.2. The van der Waals surface area contributed by atoms with Crippen molar-refractivity contribution in [2.45, 2.75) is 160 Å². The molecule has 6 aliphatic rings. The van der Waals surface area contributed by atoms with E-state index < -0.39 is 12.5 Å². The Balaban J connectivity index is 0.000000153. The summed E-state index contributed by atoms with van der Waals surface area (Å²) in [5.41, 5.74) is 0.411. The van der Waals surface area contributed by atoms with Gasteiger partial charge in [0.05, 0.1) is 38.5 Å². The highest BCUT2D eigenvalue weighted by atomic mass is 19.3. The van der Waals surface area contributed by atoms with E-state index in [1.54, 1.807) is 27.3 Å². The van der Waals surface area contributed by atoms with Crippen molar-refractivity contribution in [3.05, 3.63) is 84.3 Å². The molecule has 3 saturated heterocycles. The van der Waals surface area contributed by atoms with Crippen molar-refractivity contribution < 1.29 is 23.4 Å². The molecule has 2 N–H and O–H groups in total. The molecule has 3 aliphatic heterocycles. The van der Waals surface area contributed by atoms with E-state index in [1.807, 2.05) is 25.3 Å². The molecule has 18 heteroatoms. The monoisotopic (exact) mass is 796 g/mol. The van der Waals surface area contributed by atoms with Crippen LogP contribution in [-0.2, 0) is 29.2 Å². The summed E-state index contributed by atoms with van der Waals surface area (Å²) >= 11 is 0. The number of rotatable bonds is 13. The Morgan fingerprint density at radius 3 is 1.88 bits per heavy atom. The van der Waals surface area contributed by atoms with Gasteiger partial charge in [0, 0.05) is 42.3 Å². The van der Waals surface area contributed by atoms with E-state index in [4.69, 9.17) is 9.47 Å². The second kappa shape index (κ2) is 16.5. The SMILES string of the molecule is Cc1n[nH]c(=O)n1C1CC1.Cc1nn(CC(O)CN2C3CCC2CC(OCc2ccccc2C(F)F)C3)c(=O)n1C1CC1.Cc1nn(CC2CO2)c(=O)n1C1CC1. The van der Waals surface area contributed by atoms with E-state index in [9.17, 15) is 28.3 Å². The molecule has 3 aromatic heterocycles. The fourth-order valence-electron chi connectivity index (χ4n) is 8.56. The highest BCUT2D eigenvalue weighted by molar-refractivity contribution is 5.27. The Kier molecular flexibility index (Phi) is 11.5. The number of benzene rings is 1. The second-order valence-corrected chi connectivity index (χ2v) is 16.5. The normalized spacial score (nSPS) is 24.5. The number of ether oxygens (including phenoxy) is 2. The van der Waals surface area contributed by atoms with Crippen LogP contribution in [0.15, 0.2) is 38.6 Å². The maximum atomic E-state index is 13.2. The largest absolute Gasteiger partial charge is 0.390 e. The minimum atomic E-state index is -2.50. The van der Waals surface area contributed by atoms with Crippen LogP contribution in [0.25, 0.3) is 0 Å². The van der Waals surface area contributed by atoms with Crippen molar-refractivity contribution in [1.82, 2.24) is 48.4 Å². The van der Waals surface area contributed by atoms with Crippen LogP contribution in [-0.4, -0.2) is 97.0 Å². The summed E-state index contributed by atoms with van der Waals surface area (Å²) in [6, 6.07) is 8.27. The molecule has 6 fully saturated rings. The number of aromatic amines is 1. The topological polar surface area (TPSA) is 176 Å². The number of H-pyrrole nitrogens is 1. The fraction of sp³-hybridized carbons (Fsp3) is 0.692. The van der Waals surface area contributed by atoms with Gasteiger partial charge in [0.25, 0.3) is 6.43 Å². The third-order valence-electron chi connectivity index (χ3n) is 11.9. The average Bonchev–Trinajstić information content (AvgIpc) is 3.99. The number of alkyl halides is 2. The van der Waals surface area contributed by atoms with Gasteiger partial charge in [-0.1, -0.05) is 24.3 Å². The molecule has 3 aliphatic carbocycles. The van der Waals surface area contributed by atoms with Crippen molar-refractivity contribution in [1.29, 1.82) is 0 Å². The number of epoxide rings is 1. The number of aryl methyl sites for hydroxylation is 3. The van der Waals surface area contributed by atoms with Crippen LogP contribution >= 0.6 is 0 Å². The molecule has 0 amide bonds. The number of fused-ring (bicyclic) bond motifs is 2. The summed E-state index contributed by atoms with van der Waals surface area (Å²) in [5, 5.41) is 25.6. The molecule has 1 aromatic carbocycles. The first-order valence-electron chi connectivity index (χ1n) is 20.4. The number of nitrogens with zero attached hydrogens (tertiary/aromatic N) is 9. The van der Waals surface area contributed by atoms with E-state index in [1.165, 1.54) is 15.4 Å². The molecule has 310 valence electrons. The van der Waals surface area contributed by atoms with Crippen LogP contribution in [0.4, 0.5) is 8.78 Å². The standard InChI is InChI=1S/C24H32F2N4O3.C9H13N3O2.C6H9N3O/c1-15-27-29(24(32)30(15)17-6-7-17)13-20(31)12-28-18-8-9-19(28)11-21(10-18)33-14-16-4-2-3-5-22(16)23(25)26;1-6-10-11(4-8-5-14-8)9(13)12(6)7-2-3-7;1-4-7-8-6(10)9(4)5-2-3-5/h2-5,17-21,23,31H,6-14H2,1H3;7-8H,2-5H2,1H3;5H,2-3H2,1H3,(H,8,10). The van der Waals surface area contributed by atoms with Crippen molar-refractivity contribution in [3.8, 4) is 0 Å². The number of hydrogen-bond donors (Lipinski definition) is 2. The number of aromatic nitrogens is 9. The summed E-state index contributed by atoms with van der Waals surface area (Å²) in [6.07, 6.45) is 7.33. The Hall–Kier alpha value is -4.26. The third-order valence-corrected chi connectivity index (χ3v) is 11.9. The fourth-order valence-corrected chi connectivity index (χ4v) is 8.56. The van der Waals surface area contributed by atoms with E-state index in [0.717, 1.165) is 82.5 Å². The molecule has 4 atom stereocenters. The molecular weight excluding hydrogens is 742 g/mol. The minimum Gasteiger partial charge on any atom is -0.390 e. The highest BCUT2D eigenvalue weighted by Crippen LogP contribution is 2.38. The lowest BCUT2D eigenvalue weighted by atomic mass is 9.99. The molecule has 0 radical (unpaired) electrons. The van der Waals surface area contributed by atoms with Crippen LogP contribution in [0.3, 0.4) is 0 Å². The maximum Gasteiger partial charge on any atom is 0.346 e. The number of aliphatic hydroxyl groups excluding tert-OH is 1. The van der Waals surface area contributed by atoms with Crippen LogP contribution < -0.4 is 17.1 Å². The molecule has 2 bridgehead atoms. The van der Waals surface area contributed by atoms with Gasteiger partial charge in [-0.2, -0.15) is 15.3 Å². The van der Waals surface area contributed by atoms with Crippen molar-refractivity contribution >= 4 is 0 Å². The Morgan fingerprint density at radius 1 is 0.789 bits per heavy atom. The molecule has 6 heterocycles. The molecule has 10 rings (SSSR count). The summed E-state index contributed by atoms with van der Waals surface area (Å²) in [5.74, 6) is 2.34. The lowest BCUT2D eigenvalue weighted by Gasteiger charge is -2.39. The van der Waals surface area contributed by atoms with Gasteiger partial charge in [-0.15, -0.1) is 0 Å². The number of nitrogens with one attached hydrogen (secondary N) is 1. The predicted molar refractivity (Wildman–Crippen MR) is 203 cm³/mol. The van der Waals surface area contributed by atoms with Gasteiger partial charge < -0.3 is 14.6 Å². The first-order valence-corrected chi connectivity index (χ1v) is 20.4. The lowest BCUT2D eigenvalue weighted by Crippen LogP contribution is -2.49. The Bertz CT molecular complexity index is 2180. The number of hydrogen-bond acceptors (Lipinski definition) is 10. The van der Waals surface area contributed by atoms with Crippen LogP contribution in [0.2, 0.25) is 0 Å². The first kappa shape index (κ1) is 39.6. The minimum absolute atomic E-state index is 0.0282. The van der Waals surface area contributed by atoms with E-state index in [0.29, 0.717) is 48.6 Å². The second-order valence-electron chi connectivity index (χ2n) is 16.5. The smallest absolute Gasteiger partial charge is 0.346 e. The van der Waals surface area contributed by atoms with Gasteiger partial charge in [-0.3, -0.25) is 18.6 Å². The summed E-state index contributed by atoms with van der Waals surface area (Å²) in [6.45, 7) is 7.84. The quantitative estimate of drug-likeness (QED) is 0.191. The molecule has 3 saturated carbocycles. The van der Waals surface area contributed by atoms with Gasteiger partial charge in [0.2, 0.25) is 0 Å². The lowest BCUT2D eigenvalue weighted by molar-refractivity contribution is -0.0409. The average molecular weight is 797 g/mol. The van der Waals surface area contributed by atoms with Gasteiger partial charge in [0.15, 0.2) is 0 Å². The van der Waals surface area contributed by atoms with Gasteiger partial charge in [-0.05, 0) is 90.5 Å². The zero-order valence-electron chi connectivity index (χ0n) is 32.9. The number of halogens is 2. The number of aliphatic hydroxyl groups is 1. The van der Waals surface area contributed by atoms with Gasteiger partial charge in [0.1, 0.15) is 23.6 Å². The number of piperidine rings is 1. The van der Waals surface area contributed by atoms with Crippen molar-refractivity contribution in [2.24, 2.45) is 0 Å². The van der Waals surface area contributed by atoms with Crippen LogP contribution in [0.1, 0.15) is 117 Å². The Morgan fingerprint density at radius 2 is 1.33 bits per heavy atom. The summed E-state index contributed by atoms with van der Waals surface area (Å²) < 4.78 is 45.8. The van der Waals surface area contributed by atoms with Crippen molar-refractivity contribution in [3.63, 3.8) is 0 Å². The highest BCUT2D eigenvalue weighted by Gasteiger charge is 2.42. The molecule has 16 nitrogen and oxygen atoms in total. The Labute approximate surface area is 328 Å². The van der Waals surface area contributed by atoms with E-state index >= 15 is 0 Å². The first-order chi connectivity index (χ1) is 27.4. The summed E-state index contributed by atoms with van der Waals surface area (Å²) in [4.78, 5) is 37.8. The summed E-state index contributed by atoms with van der Waals surface area (Å²) in [7, 11) is 0. The van der Waals surface area contributed by atoms with E-state index in [2.05, 4.69) is 25.3 Å². The molecular formula is C39H54F2N10O6. The molecule has 0 spiro atoms. The molecule has 4 aromatic rings. The van der Waals surface area contributed by atoms with Crippen LogP contribution in [0.5, 0.6) is 0 Å². The zero-order valence-corrected chi connectivity index (χ0v) is 32.9. The van der Waals surface area contributed by atoms with Gasteiger partial charge >= 0.3 is 17.1 Å².